The first-order valence-electron chi connectivity index (χ1n) is 15.2. The number of hydrogen-bond donors (Lipinski definition) is 5. The number of allylic oxidation sites excluding steroid dienone is 2. The molecule has 5 rings (SSSR count). The molecule has 0 radical (unpaired) electrons. The fraction of sp³-hybridized carbons (Fsp3) is 0.548. The second kappa shape index (κ2) is 13.6. The lowest BCUT2D eigenvalue weighted by Crippen LogP contribution is -2.55. The number of esters is 1. The van der Waals surface area contributed by atoms with E-state index in [1.54, 1.807) is 6.92 Å². The predicted octanol–water partition coefficient (Wildman–Crippen LogP) is 0.778. The van der Waals surface area contributed by atoms with Gasteiger partial charge in [-0.3, -0.25) is 19.2 Å². The molecule has 1 aromatic rings. The zero-order valence-corrected chi connectivity index (χ0v) is 26.0. The molecule has 0 amide bonds. The summed E-state index contributed by atoms with van der Waals surface area (Å²) in [6.07, 6.45) is -6.05. The molecule has 48 heavy (non-hydrogen) atoms. The van der Waals surface area contributed by atoms with Crippen molar-refractivity contribution < 1.29 is 68.5 Å². The fourth-order valence-electron chi connectivity index (χ4n) is 6.71. The molecule has 0 aromatic heterocycles. The van der Waals surface area contributed by atoms with Gasteiger partial charge in [-0.05, 0) is 19.4 Å². The van der Waals surface area contributed by atoms with Gasteiger partial charge < -0.3 is 49.9 Å². The van der Waals surface area contributed by atoms with E-state index in [0.29, 0.717) is 0 Å². The van der Waals surface area contributed by atoms with Crippen LogP contribution in [0, 0.1) is 22.0 Å². The Kier molecular flexibility index (Phi) is 9.89. The largest absolute Gasteiger partial charge is 0.511 e. The Morgan fingerprint density at radius 2 is 1.88 bits per heavy atom. The average molecular weight is 677 g/mol. The summed E-state index contributed by atoms with van der Waals surface area (Å²) in [4.78, 5) is 67.6. The van der Waals surface area contributed by atoms with E-state index in [2.05, 4.69) is 4.84 Å². The summed E-state index contributed by atoms with van der Waals surface area (Å²) in [6.45, 7) is 0.241. The lowest BCUT2D eigenvalue weighted by atomic mass is 9.63. The number of ketones is 3. The van der Waals surface area contributed by atoms with Crippen molar-refractivity contribution in [2.75, 3.05) is 20.3 Å². The minimum atomic E-state index is -2.38. The van der Waals surface area contributed by atoms with Crippen LogP contribution in [0.2, 0.25) is 0 Å². The molecular weight excluding hydrogens is 640 g/mol. The maximum atomic E-state index is 13.9. The van der Waals surface area contributed by atoms with E-state index in [1.165, 1.54) is 25.3 Å². The zero-order valence-electron chi connectivity index (χ0n) is 26.0. The lowest BCUT2D eigenvalue weighted by molar-refractivity contribution is -0.757. The Balaban J connectivity index is 1.49. The van der Waals surface area contributed by atoms with Gasteiger partial charge in [-0.2, -0.15) is 0 Å². The van der Waals surface area contributed by atoms with Gasteiger partial charge in [0.25, 0.3) is 5.09 Å². The normalized spacial score (nSPS) is 31.4. The number of nitrogens with two attached hydrogens (primary N) is 1. The molecule has 1 heterocycles. The summed E-state index contributed by atoms with van der Waals surface area (Å²) in [5.41, 5.74) is 3.19. The van der Waals surface area contributed by atoms with Crippen LogP contribution in [0.15, 0.2) is 40.9 Å². The highest BCUT2D eigenvalue weighted by molar-refractivity contribution is 6.19. The Morgan fingerprint density at radius 3 is 2.54 bits per heavy atom. The van der Waals surface area contributed by atoms with E-state index in [-0.39, 0.29) is 53.9 Å². The summed E-state index contributed by atoms with van der Waals surface area (Å²) >= 11 is 0. The third-order valence-corrected chi connectivity index (χ3v) is 9.14. The lowest BCUT2D eigenvalue weighted by Gasteiger charge is -2.45. The Morgan fingerprint density at radius 1 is 1.17 bits per heavy atom. The molecule has 260 valence electrons. The van der Waals surface area contributed by atoms with Crippen LogP contribution in [0.4, 0.5) is 0 Å². The summed E-state index contributed by atoms with van der Waals surface area (Å²) in [7, 11) is 1.31. The number of aliphatic hydroxyl groups is 4. The van der Waals surface area contributed by atoms with Crippen LogP contribution in [0.25, 0.3) is 0 Å². The number of aliphatic hydroxyl groups excluding tert-OH is 3. The molecule has 1 saturated carbocycles. The number of nitrogens with zero attached hydrogens (tertiary/aromatic N) is 1. The highest BCUT2D eigenvalue weighted by Gasteiger charge is 2.56. The molecule has 2 fully saturated rings. The van der Waals surface area contributed by atoms with Gasteiger partial charge in [-0.25, -0.2) is 0 Å². The van der Waals surface area contributed by atoms with Gasteiger partial charge in [-0.15, -0.1) is 10.1 Å². The van der Waals surface area contributed by atoms with Crippen LogP contribution >= 0.6 is 0 Å². The van der Waals surface area contributed by atoms with Gasteiger partial charge in [-0.1, -0.05) is 12.1 Å². The van der Waals surface area contributed by atoms with Gasteiger partial charge in [0, 0.05) is 48.4 Å². The van der Waals surface area contributed by atoms with E-state index in [4.69, 9.17) is 24.7 Å². The number of carbonyl (C=O) groups excluding carboxylic acids is 4. The number of ether oxygens (including phenoxy) is 4. The zero-order chi connectivity index (χ0) is 35.1. The van der Waals surface area contributed by atoms with Crippen LogP contribution < -0.4 is 10.5 Å². The number of methoxy groups -OCH3 is 1. The first-order valence-corrected chi connectivity index (χ1v) is 15.2. The maximum absolute atomic E-state index is 13.9. The Labute approximate surface area is 272 Å². The van der Waals surface area contributed by atoms with Gasteiger partial charge in [0.05, 0.1) is 49.4 Å². The topological polar surface area (TPSA) is 265 Å². The maximum Gasteiger partial charge on any atom is 0.306 e. The quantitative estimate of drug-likeness (QED) is 0.0938. The highest BCUT2D eigenvalue weighted by atomic mass is 16.9. The van der Waals surface area contributed by atoms with Crippen LogP contribution in [-0.2, 0) is 28.6 Å². The van der Waals surface area contributed by atoms with E-state index < -0.39 is 107 Å². The first-order chi connectivity index (χ1) is 22.7. The predicted molar refractivity (Wildman–Crippen MR) is 158 cm³/mol. The number of rotatable bonds is 11. The summed E-state index contributed by atoms with van der Waals surface area (Å²) in [5.74, 6) is -7.69. The van der Waals surface area contributed by atoms with Crippen LogP contribution in [0.1, 0.15) is 59.7 Å². The van der Waals surface area contributed by atoms with Crippen molar-refractivity contribution in [1.29, 1.82) is 0 Å². The smallest absolute Gasteiger partial charge is 0.306 e. The van der Waals surface area contributed by atoms with E-state index in [0.717, 1.165) is 0 Å². The van der Waals surface area contributed by atoms with E-state index in [1.807, 2.05) is 0 Å². The minimum Gasteiger partial charge on any atom is -0.511 e. The molecule has 1 saturated heterocycles. The molecule has 1 aliphatic heterocycles. The standard InChI is InChI=1S/C31H36N2O15/c1-13-26(36)16(32)9-21(47-13)48-18-11-31(41,19(34)12-45-20(35)7-4-8-46-33(42)43)10-15-23(18)30(40)25-24(28(15)38)27(37)14-5-3-6-17(44-2)22(14)29(25)39/h3,5-6,13,16,18,21,24-26,36,38,40-41H,4,7-12,32H2,1-2H3/t13-,16-,18-,21?,24?,25?,26?,31-/m0/s1. The second-order valence-corrected chi connectivity index (χ2v) is 12.2. The van der Waals surface area contributed by atoms with Crippen molar-refractivity contribution >= 4 is 23.3 Å². The number of fused-ring (bicyclic) bond motifs is 3. The third kappa shape index (κ3) is 6.38. The molecule has 8 atom stereocenters. The van der Waals surface area contributed by atoms with Crippen molar-refractivity contribution in [2.24, 2.45) is 17.6 Å². The van der Waals surface area contributed by atoms with Gasteiger partial charge in [0.1, 0.15) is 22.9 Å². The van der Waals surface area contributed by atoms with Crippen LogP contribution in [0.5, 0.6) is 5.75 Å². The van der Waals surface area contributed by atoms with Gasteiger partial charge >= 0.3 is 5.97 Å². The third-order valence-electron chi connectivity index (χ3n) is 9.14. The summed E-state index contributed by atoms with van der Waals surface area (Å²) < 4.78 is 22.2. The van der Waals surface area contributed by atoms with E-state index >= 15 is 0 Å². The molecule has 0 spiro atoms. The molecule has 1 aromatic carbocycles. The molecule has 17 heteroatoms. The van der Waals surface area contributed by atoms with Crippen LogP contribution in [-0.4, -0.2) is 105 Å². The number of carbonyl (C=O) groups is 4. The van der Waals surface area contributed by atoms with Gasteiger partial charge in [0.2, 0.25) is 5.78 Å². The van der Waals surface area contributed by atoms with Crippen molar-refractivity contribution in [1.82, 2.24) is 0 Å². The number of benzene rings is 1. The van der Waals surface area contributed by atoms with Gasteiger partial charge in [0.15, 0.2) is 24.5 Å². The molecular formula is C31H36N2O15. The summed E-state index contributed by atoms with van der Waals surface area (Å²) in [6, 6.07) is 3.55. The van der Waals surface area contributed by atoms with E-state index in [9.17, 15) is 49.7 Å². The minimum absolute atomic E-state index is 0.0424. The Hall–Kier alpha value is -4.42. The molecule has 4 unspecified atom stereocenters. The average Bonchev–Trinajstić information content (AvgIpc) is 3.04. The first kappa shape index (κ1) is 34.9. The molecule has 4 aliphatic rings. The van der Waals surface area contributed by atoms with Crippen molar-refractivity contribution in [2.45, 2.75) is 75.3 Å². The number of Topliss-reactive ketones (excluding diaryl/α,β-unsaturated/α-hetero) is 3. The molecule has 6 N–H and O–H groups in total. The van der Waals surface area contributed by atoms with Crippen molar-refractivity contribution in [3.63, 3.8) is 0 Å². The Bertz CT molecular complexity index is 1570. The number of hydrogen-bond acceptors (Lipinski definition) is 16. The fourth-order valence-corrected chi connectivity index (χ4v) is 6.71. The second-order valence-electron chi connectivity index (χ2n) is 12.2. The van der Waals surface area contributed by atoms with Crippen molar-refractivity contribution in [3.8, 4) is 5.75 Å². The van der Waals surface area contributed by atoms with Crippen molar-refractivity contribution in [3.05, 3.63) is 62.1 Å². The summed E-state index contributed by atoms with van der Waals surface area (Å²) in [5, 5.41) is 54.6. The SMILES string of the molecule is COc1cccc2c1C(=O)C1C(O)=C3C(=C(O)C1C2=O)C[C@@](O)(C(=O)COC(=O)CCCO[N+](=O)[O-])C[C@@H]3OC1C[C@H](N)C(O)[C@H](C)O1. The highest BCUT2D eigenvalue weighted by Crippen LogP contribution is 2.51. The molecule has 3 aliphatic carbocycles. The monoisotopic (exact) mass is 676 g/mol. The molecule has 17 nitrogen and oxygen atoms in total. The molecule has 0 bridgehead atoms. The van der Waals surface area contributed by atoms with Crippen LogP contribution in [0.3, 0.4) is 0 Å².